The lowest BCUT2D eigenvalue weighted by molar-refractivity contribution is 0.0926. The molecule has 0 spiro atoms. The Morgan fingerprint density at radius 3 is 2.63 bits per heavy atom. The van der Waals surface area contributed by atoms with E-state index in [1.165, 1.54) is 17.3 Å². The largest absolute Gasteiger partial charge is 0.268 e. The number of thioether (sulfide) groups is 1. The fourth-order valence-corrected chi connectivity index (χ4v) is 2.52. The highest BCUT2D eigenvalue weighted by Gasteiger charge is 2.36. The number of hydrogen-bond donors (Lipinski definition) is 0. The molecule has 0 fully saturated rings. The highest BCUT2D eigenvalue weighted by atomic mass is 32.2. The Morgan fingerprint density at radius 2 is 1.89 bits per heavy atom. The molecular formula is C14H10N2O2S. The average Bonchev–Trinajstić information content (AvgIpc) is 2.72. The summed E-state index contributed by atoms with van der Waals surface area (Å²) >= 11 is 1.57. The third-order valence-electron chi connectivity index (χ3n) is 3.00. The van der Waals surface area contributed by atoms with Gasteiger partial charge in [-0.25, -0.2) is 4.90 Å². The summed E-state index contributed by atoms with van der Waals surface area (Å²) in [6.07, 6.45) is 4.91. The van der Waals surface area contributed by atoms with Gasteiger partial charge in [0.1, 0.15) is 0 Å². The molecule has 1 aromatic carbocycles. The Bertz CT molecular complexity index is 650. The van der Waals surface area contributed by atoms with Crippen LogP contribution in [0.4, 0.5) is 5.69 Å². The first-order valence-electron chi connectivity index (χ1n) is 5.69. The molecule has 1 aromatic heterocycles. The van der Waals surface area contributed by atoms with Crippen LogP contribution >= 0.6 is 11.8 Å². The van der Waals surface area contributed by atoms with Crippen molar-refractivity contribution in [1.29, 1.82) is 0 Å². The highest BCUT2D eigenvalue weighted by Crippen LogP contribution is 2.29. The summed E-state index contributed by atoms with van der Waals surface area (Å²) in [4.78, 5) is 30.6. The van der Waals surface area contributed by atoms with E-state index in [-0.39, 0.29) is 11.8 Å². The van der Waals surface area contributed by atoms with E-state index in [1.807, 2.05) is 24.5 Å². The first kappa shape index (κ1) is 11.9. The van der Waals surface area contributed by atoms with E-state index in [1.54, 1.807) is 23.9 Å². The lowest BCUT2D eigenvalue weighted by atomic mass is 10.2. The zero-order chi connectivity index (χ0) is 13.4. The van der Waals surface area contributed by atoms with Crippen LogP contribution in [0.3, 0.4) is 0 Å². The standard InChI is InChI=1S/C14H10N2O2S/c1-19-10-4-2-3-9(7-10)16-13(17)11-5-6-15-8-12(11)14(16)18/h2-8H,1H3. The molecule has 0 atom stereocenters. The third-order valence-corrected chi connectivity index (χ3v) is 3.72. The van der Waals surface area contributed by atoms with Crippen molar-refractivity contribution in [1.82, 2.24) is 4.98 Å². The molecule has 2 heterocycles. The van der Waals surface area contributed by atoms with Gasteiger partial charge in [0, 0.05) is 17.3 Å². The predicted octanol–water partition coefficient (Wildman–Crippen LogP) is 2.60. The third kappa shape index (κ3) is 1.82. The number of pyridine rings is 1. The summed E-state index contributed by atoms with van der Waals surface area (Å²) < 4.78 is 0. The first-order valence-corrected chi connectivity index (χ1v) is 6.91. The van der Waals surface area contributed by atoms with E-state index in [9.17, 15) is 9.59 Å². The minimum absolute atomic E-state index is 0.291. The normalized spacial score (nSPS) is 13.8. The molecule has 0 radical (unpaired) electrons. The van der Waals surface area contributed by atoms with E-state index in [0.717, 1.165) is 4.90 Å². The molecular weight excluding hydrogens is 260 g/mol. The van der Waals surface area contributed by atoms with E-state index < -0.39 is 0 Å². The Labute approximate surface area is 114 Å². The van der Waals surface area contributed by atoms with Gasteiger partial charge in [0.2, 0.25) is 0 Å². The van der Waals surface area contributed by atoms with Crippen molar-refractivity contribution in [3.63, 3.8) is 0 Å². The van der Waals surface area contributed by atoms with Crippen molar-refractivity contribution in [2.75, 3.05) is 11.2 Å². The Balaban J connectivity index is 2.08. The van der Waals surface area contributed by atoms with Crippen molar-refractivity contribution < 1.29 is 9.59 Å². The maximum atomic E-state index is 12.3. The number of anilines is 1. The summed E-state index contributed by atoms with van der Waals surface area (Å²) in [7, 11) is 0. The zero-order valence-electron chi connectivity index (χ0n) is 10.2. The minimum atomic E-state index is -0.314. The Kier molecular flexibility index (Phi) is 2.83. The van der Waals surface area contributed by atoms with Crippen LogP contribution < -0.4 is 4.90 Å². The number of benzene rings is 1. The van der Waals surface area contributed by atoms with Gasteiger partial charge in [-0.3, -0.25) is 14.6 Å². The molecule has 0 saturated carbocycles. The van der Waals surface area contributed by atoms with E-state index in [4.69, 9.17) is 0 Å². The Morgan fingerprint density at radius 1 is 1.11 bits per heavy atom. The second-order valence-electron chi connectivity index (χ2n) is 4.07. The van der Waals surface area contributed by atoms with Crippen LogP contribution in [0.25, 0.3) is 0 Å². The van der Waals surface area contributed by atoms with Gasteiger partial charge in [0.05, 0.1) is 16.8 Å². The molecule has 0 unspecified atom stereocenters. The lowest BCUT2D eigenvalue weighted by Gasteiger charge is -2.14. The minimum Gasteiger partial charge on any atom is -0.268 e. The molecule has 3 rings (SSSR count). The van der Waals surface area contributed by atoms with Crippen LogP contribution in [0.5, 0.6) is 0 Å². The van der Waals surface area contributed by atoms with Gasteiger partial charge in [-0.05, 0) is 30.5 Å². The Hall–Kier alpha value is -2.14. The molecule has 4 nitrogen and oxygen atoms in total. The van der Waals surface area contributed by atoms with Crippen LogP contribution in [0.2, 0.25) is 0 Å². The second-order valence-corrected chi connectivity index (χ2v) is 4.95. The summed E-state index contributed by atoms with van der Waals surface area (Å²) in [6.45, 7) is 0. The molecule has 0 saturated heterocycles. The molecule has 94 valence electrons. The van der Waals surface area contributed by atoms with Gasteiger partial charge < -0.3 is 0 Å². The lowest BCUT2D eigenvalue weighted by Crippen LogP contribution is -2.29. The maximum Gasteiger partial charge on any atom is 0.267 e. The van der Waals surface area contributed by atoms with E-state index >= 15 is 0 Å². The summed E-state index contributed by atoms with van der Waals surface area (Å²) in [5, 5.41) is 0. The first-order chi connectivity index (χ1) is 9.22. The fourth-order valence-electron chi connectivity index (χ4n) is 2.07. The number of fused-ring (bicyclic) bond motifs is 1. The molecule has 2 amide bonds. The molecule has 1 aliphatic rings. The fraction of sp³-hybridized carbons (Fsp3) is 0.0714. The topological polar surface area (TPSA) is 50.3 Å². The number of hydrogen-bond acceptors (Lipinski definition) is 4. The number of carbonyl (C=O) groups is 2. The van der Waals surface area contributed by atoms with Crippen LogP contribution in [-0.4, -0.2) is 23.1 Å². The molecule has 19 heavy (non-hydrogen) atoms. The van der Waals surface area contributed by atoms with Crippen molar-refractivity contribution in [2.45, 2.75) is 4.90 Å². The number of carbonyl (C=O) groups excluding carboxylic acids is 2. The highest BCUT2D eigenvalue weighted by molar-refractivity contribution is 7.98. The van der Waals surface area contributed by atoms with Crippen molar-refractivity contribution in [2.24, 2.45) is 0 Å². The number of aromatic nitrogens is 1. The smallest absolute Gasteiger partial charge is 0.267 e. The second kappa shape index (κ2) is 4.51. The average molecular weight is 270 g/mol. The number of nitrogens with zero attached hydrogens (tertiary/aromatic N) is 2. The van der Waals surface area contributed by atoms with Gasteiger partial charge in [0.25, 0.3) is 11.8 Å². The van der Waals surface area contributed by atoms with Crippen molar-refractivity contribution in [3.8, 4) is 0 Å². The van der Waals surface area contributed by atoms with E-state index in [2.05, 4.69) is 4.98 Å². The molecule has 1 aliphatic heterocycles. The van der Waals surface area contributed by atoms with Crippen molar-refractivity contribution in [3.05, 3.63) is 53.9 Å². The summed E-state index contributed by atoms with van der Waals surface area (Å²) in [5.41, 5.74) is 1.37. The zero-order valence-corrected chi connectivity index (χ0v) is 11.0. The molecule has 0 bridgehead atoms. The number of amides is 2. The number of rotatable bonds is 2. The van der Waals surface area contributed by atoms with Gasteiger partial charge >= 0.3 is 0 Å². The quantitative estimate of drug-likeness (QED) is 0.621. The molecule has 5 heteroatoms. The van der Waals surface area contributed by atoms with Crippen LogP contribution in [0.15, 0.2) is 47.6 Å². The van der Waals surface area contributed by atoms with Gasteiger partial charge in [-0.2, -0.15) is 0 Å². The van der Waals surface area contributed by atoms with Gasteiger partial charge in [-0.1, -0.05) is 6.07 Å². The van der Waals surface area contributed by atoms with Crippen molar-refractivity contribution >= 4 is 29.3 Å². The number of imide groups is 1. The SMILES string of the molecule is CSc1cccc(N2C(=O)c3ccncc3C2=O)c1. The monoisotopic (exact) mass is 270 g/mol. The molecule has 0 aliphatic carbocycles. The predicted molar refractivity (Wildman–Crippen MR) is 73.6 cm³/mol. The van der Waals surface area contributed by atoms with Crippen LogP contribution in [0, 0.1) is 0 Å². The van der Waals surface area contributed by atoms with Crippen LogP contribution in [-0.2, 0) is 0 Å². The van der Waals surface area contributed by atoms with Gasteiger partial charge in [0.15, 0.2) is 0 Å². The van der Waals surface area contributed by atoms with E-state index in [0.29, 0.717) is 16.8 Å². The molecule has 2 aromatic rings. The van der Waals surface area contributed by atoms with Crippen LogP contribution in [0.1, 0.15) is 20.7 Å². The summed E-state index contributed by atoms with van der Waals surface area (Å²) in [6, 6.07) is 8.94. The molecule has 0 N–H and O–H groups in total. The van der Waals surface area contributed by atoms with Gasteiger partial charge in [-0.15, -0.1) is 11.8 Å². The maximum absolute atomic E-state index is 12.3. The summed E-state index contributed by atoms with van der Waals surface area (Å²) in [5.74, 6) is -0.605.